The van der Waals surface area contributed by atoms with Crippen LogP contribution in [0.4, 0.5) is 0 Å². The molecule has 1 unspecified atom stereocenters. The third-order valence-electron chi connectivity index (χ3n) is 3.55. The molecule has 0 saturated carbocycles. The van der Waals surface area contributed by atoms with E-state index in [1.165, 1.54) is 5.56 Å². The molecule has 3 nitrogen and oxygen atoms in total. The quantitative estimate of drug-likeness (QED) is 0.592. The molecule has 2 aliphatic heterocycles. The van der Waals surface area contributed by atoms with Gasteiger partial charge in [0.2, 0.25) is 0 Å². The highest BCUT2D eigenvalue weighted by Crippen LogP contribution is 2.33. The van der Waals surface area contributed by atoms with E-state index in [9.17, 15) is 4.79 Å². The molecule has 0 aromatic heterocycles. The second kappa shape index (κ2) is 4.84. The van der Waals surface area contributed by atoms with Gasteiger partial charge in [-0.2, -0.15) is 0 Å². The molecular weight excluding hydrogens is 228 g/mol. The first-order chi connectivity index (χ1) is 8.84. The maximum atomic E-state index is 11.6. The van der Waals surface area contributed by atoms with Crippen molar-refractivity contribution in [1.82, 2.24) is 0 Å². The number of cyclic esters (lactones) is 1. The number of allylic oxidation sites excluding steroid dienone is 1. The lowest BCUT2D eigenvalue weighted by atomic mass is 9.93. The molecular formula is C15H16O3. The highest BCUT2D eigenvalue weighted by molar-refractivity contribution is 5.90. The van der Waals surface area contributed by atoms with Crippen molar-refractivity contribution in [3.8, 4) is 0 Å². The van der Waals surface area contributed by atoms with Crippen LogP contribution in [-0.2, 0) is 20.7 Å². The van der Waals surface area contributed by atoms with Crippen LogP contribution >= 0.6 is 0 Å². The van der Waals surface area contributed by atoms with Gasteiger partial charge >= 0.3 is 5.97 Å². The predicted octanol–water partition coefficient (Wildman–Crippen LogP) is 2.47. The van der Waals surface area contributed by atoms with Gasteiger partial charge in [-0.15, -0.1) is 0 Å². The van der Waals surface area contributed by atoms with E-state index in [-0.39, 0.29) is 5.97 Å². The van der Waals surface area contributed by atoms with Crippen molar-refractivity contribution in [3.63, 3.8) is 0 Å². The maximum Gasteiger partial charge on any atom is 0.337 e. The van der Waals surface area contributed by atoms with Crippen molar-refractivity contribution in [3.05, 3.63) is 47.2 Å². The smallest absolute Gasteiger partial charge is 0.337 e. The van der Waals surface area contributed by atoms with Crippen molar-refractivity contribution in [2.75, 3.05) is 13.2 Å². The molecule has 1 atom stereocenters. The molecule has 0 amide bonds. The van der Waals surface area contributed by atoms with Crippen LogP contribution in [0.3, 0.4) is 0 Å². The van der Waals surface area contributed by atoms with E-state index >= 15 is 0 Å². The Bertz CT molecular complexity index is 476. The van der Waals surface area contributed by atoms with Crippen molar-refractivity contribution in [2.45, 2.75) is 19.3 Å². The second-order valence-corrected chi connectivity index (χ2v) is 4.75. The third-order valence-corrected chi connectivity index (χ3v) is 3.55. The number of ether oxygens (including phenoxy) is 2. The maximum absolute atomic E-state index is 11.6. The molecule has 1 aromatic carbocycles. The fourth-order valence-corrected chi connectivity index (χ4v) is 2.65. The van der Waals surface area contributed by atoms with Gasteiger partial charge in [-0.25, -0.2) is 4.79 Å². The summed E-state index contributed by atoms with van der Waals surface area (Å²) in [7, 11) is 0. The van der Waals surface area contributed by atoms with Gasteiger partial charge in [-0.1, -0.05) is 30.3 Å². The summed E-state index contributed by atoms with van der Waals surface area (Å²) in [4.78, 5) is 11.6. The Labute approximate surface area is 106 Å². The Morgan fingerprint density at radius 2 is 1.94 bits per heavy atom. The monoisotopic (exact) mass is 244 g/mol. The Kier molecular flexibility index (Phi) is 3.05. The molecule has 2 fully saturated rings. The summed E-state index contributed by atoms with van der Waals surface area (Å²) in [6, 6.07) is 10.3. The van der Waals surface area contributed by atoms with Gasteiger partial charge < -0.3 is 9.47 Å². The zero-order valence-corrected chi connectivity index (χ0v) is 10.2. The summed E-state index contributed by atoms with van der Waals surface area (Å²) in [5, 5.41) is 0. The standard InChI is InChI=1S/C15H16O3/c16-15-13(7-9-18-15)14-12(6-8-17-14)10-11-4-2-1-3-5-11/h1-5,12H,6-10H2/b14-13+. The number of carbonyl (C=O) groups excluding carboxylic acids is 1. The van der Waals surface area contributed by atoms with Crippen LogP contribution in [0.15, 0.2) is 41.7 Å². The molecule has 2 saturated heterocycles. The van der Waals surface area contributed by atoms with E-state index in [1.807, 2.05) is 18.2 Å². The van der Waals surface area contributed by atoms with Gasteiger partial charge in [0.15, 0.2) is 0 Å². The minimum atomic E-state index is -0.190. The van der Waals surface area contributed by atoms with Gasteiger partial charge in [0, 0.05) is 12.3 Å². The minimum Gasteiger partial charge on any atom is -0.497 e. The van der Waals surface area contributed by atoms with Crippen molar-refractivity contribution >= 4 is 5.97 Å². The van der Waals surface area contributed by atoms with E-state index < -0.39 is 0 Å². The summed E-state index contributed by atoms with van der Waals surface area (Å²) < 4.78 is 10.7. The van der Waals surface area contributed by atoms with E-state index in [0.717, 1.165) is 24.2 Å². The van der Waals surface area contributed by atoms with Crippen LogP contribution in [0.2, 0.25) is 0 Å². The average molecular weight is 244 g/mol. The normalized spacial score (nSPS) is 27.1. The van der Waals surface area contributed by atoms with Crippen LogP contribution in [0.5, 0.6) is 0 Å². The van der Waals surface area contributed by atoms with Gasteiger partial charge in [0.05, 0.1) is 18.8 Å². The van der Waals surface area contributed by atoms with Gasteiger partial charge in [-0.3, -0.25) is 0 Å². The van der Waals surface area contributed by atoms with Crippen LogP contribution in [-0.4, -0.2) is 19.2 Å². The van der Waals surface area contributed by atoms with Crippen LogP contribution in [0, 0.1) is 5.92 Å². The lowest BCUT2D eigenvalue weighted by molar-refractivity contribution is -0.135. The molecule has 3 rings (SSSR count). The molecule has 18 heavy (non-hydrogen) atoms. The molecule has 0 bridgehead atoms. The number of carbonyl (C=O) groups is 1. The average Bonchev–Trinajstić information content (AvgIpc) is 2.99. The molecule has 1 aromatic rings. The Balaban J connectivity index is 1.82. The summed E-state index contributed by atoms with van der Waals surface area (Å²) in [5.41, 5.74) is 2.05. The van der Waals surface area contributed by atoms with Gasteiger partial charge in [0.25, 0.3) is 0 Å². The number of hydrogen-bond acceptors (Lipinski definition) is 3. The van der Waals surface area contributed by atoms with Gasteiger partial charge in [-0.05, 0) is 18.4 Å². The first kappa shape index (κ1) is 11.3. The van der Waals surface area contributed by atoms with E-state index in [2.05, 4.69) is 12.1 Å². The fraction of sp³-hybridized carbons (Fsp3) is 0.400. The Hall–Kier alpha value is -1.77. The fourth-order valence-electron chi connectivity index (χ4n) is 2.65. The molecule has 0 spiro atoms. The van der Waals surface area contributed by atoms with Gasteiger partial charge in [0.1, 0.15) is 5.76 Å². The van der Waals surface area contributed by atoms with E-state index in [0.29, 0.717) is 25.6 Å². The Morgan fingerprint density at radius 1 is 1.11 bits per heavy atom. The van der Waals surface area contributed by atoms with E-state index in [1.54, 1.807) is 0 Å². The Morgan fingerprint density at radius 3 is 2.67 bits per heavy atom. The van der Waals surface area contributed by atoms with E-state index in [4.69, 9.17) is 9.47 Å². The number of rotatable bonds is 2. The molecule has 94 valence electrons. The second-order valence-electron chi connectivity index (χ2n) is 4.75. The number of esters is 1. The molecule has 0 N–H and O–H groups in total. The zero-order valence-electron chi connectivity index (χ0n) is 10.2. The van der Waals surface area contributed by atoms with Crippen molar-refractivity contribution in [2.24, 2.45) is 5.92 Å². The van der Waals surface area contributed by atoms with Crippen molar-refractivity contribution < 1.29 is 14.3 Å². The summed E-state index contributed by atoms with van der Waals surface area (Å²) >= 11 is 0. The molecule has 0 aliphatic carbocycles. The van der Waals surface area contributed by atoms with Crippen LogP contribution in [0.1, 0.15) is 18.4 Å². The first-order valence-electron chi connectivity index (χ1n) is 6.41. The lowest BCUT2D eigenvalue weighted by Crippen LogP contribution is -2.08. The van der Waals surface area contributed by atoms with Crippen LogP contribution in [0.25, 0.3) is 0 Å². The molecule has 0 radical (unpaired) electrons. The third kappa shape index (κ3) is 2.13. The summed E-state index contributed by atoms with van der Waals surface area (Å²) in [6.07, 6.45) is 2.62. The highest BCUT2D eigenvalue weighted by atomic mass is 16.5. The largest absolute Gasteiger partial charge is 0.497 e. The zero-order chi connectivity index (χ0) is 12.4. The summed E-state index contributed by atoms with van der Waals surface area (Å²) in [5.74, 6) is 1.01. The first-order valence-corrected chi connectivity index (χ1v) is 6.41. The molecule has 2 aliphatic rings. The highest BCUT2D eigenvalue weighted by Gasteiger charge is 2.32. The molecule has 2 heterocycles. The minimum absolute atomic E-state index is 0.190. The summed E-state index contributed by atoms with van der Waals surface area (Å²) in [6.45, 7) is 1.21. The molecule has 3 heteroatoms. The predicted molar refractivity (Wildman–Crippen MR) is 66.8 cm³/mol. The number of benzene rings is 1. The van der Waals surface area contributed by atoms with Crippen molar-refractivity contribution in [1.29, 1.82) is 0 Å². The lowest BCUT2D eigenvalue weighted by Gasteiger charge is -2.11. The SMILES string of the molecule is O=C1OCC/C1=C1\OCCC1Cc1ccccc1. The number of hydrogen-bond donors (Lipinski definition) is 0. The van der Waals surface area contributed by atoms with Crippen LogP contribution < -0.4 is 0 Å². The topological polar surface area (TPSA) is 35.5 Å².